The molecule has 0 spiro atoms. The number of hydrogen-bond acceptors (Lipinski definition) is 5. The fourth-order valence-corrected chi connectivity index (χ4v) is 4.82. The van der Waals surface area contributed by atoms with Gasteiger partial charge in [0.1, 0.15) is 0 Å². The van der Waals surface area contributed by atoms with Crippen molar-refractivity contribution in [2.75, 3.05) is 23.5 Å². The Kier molecular flexibility index (Phi) is 3.75. The van der Waals surface area contributed by atoms with E-state index in [9.17, 15) is 13.2 Å². The number of hydrogen-bond donors (Lipinski definition) is 1. The van der Waals surface area contributed by atoms with E-state index in [2.05, 4.69) is 4.98 Å². The fraction of sp³-hybridized carbons (Fsp3) is 0.375. The van der Waals surface area contributed by atoms with Crippen molar-refractivity contribution in [1.82, 2.24) is 4.98 Å². The molecule has 1 unspecified atom stereocenters. The van der Waals surface area contributed by atoms with Gasteiger partial charge in [0.25, 0.3) is 0 Å². The number of benzene rings is 1. The first-order valence-electron chi connectivity index (χ1n) is 7.35. The molecule has 0 bridgehead atoms. The number of carboxylic acids is 1. The number of fused-ring (bicyclic) bond motifs is 1. The van der Waals surface area contributed by atoms with E-state index in [1.165, 1.54) is 0 Å². The van der Waals surface area contributed by atoms with Crippen molar-refractivity contribution in [3.05, 3.63) is 35.5 Å². The SMILES string of the molecule is Cc1cc(N(C)C2CCS(=O)(=O)C2)c2ccc(C(=O)O)cc2n1. The van der Waals surface area contributed by atoms with Gasteiger partial charge in [-0.25, -0.2) is 13.2 Å². The maximum atomic E-state index is 11.7. The number of nitrogens with zero attached hydrogens (tertiary/aromatic N) is 2. The Labute approximate surface area is 134 Å². The molecule has 2 heterocycles. The van der Waals surface area contributed by atoms with Crippen molar-refractivity contribution in [2.24, 2.45) is 0 Å². The molecule has 1 aliphatic heterocycles. The van der Waals surface area contributed by atoms with Gasteiger partial charge in [0.05, 0.1) is 22.6 Å². The number of rotatable bonds is 3. The maximum Gasteiger partial charge on any atom is 0.335 e. The van der Waals surface area contributed by atoms with Gasteiger partial charge in [-0.3, -0.25) is 4.98 Å². The van der Waals surface area contributed by atoms with Gasteiger partial charge in [0, 0.05) is 29.9 Å². The quantitative estimate of drug-likeness (QED) is 0.922. The Bertz CT molecular complexity index is 892. The Balaban J connectivity index is 2.08. The van der Waals surface area contributed by atoms with Crippen LogP contribution in [0.15, 0.2) is 24.3 Å². The van der Waals surface area contributed by atoms with Crippen LogP contribution in [0.2, 0.25) is 0 Å². The highest BCUT2D eigenvalue weighted by molar-refractivity contribution is 7.91. The molecule has 122 valence electrons. The third-order valence-electron chi connectivity index (χ3n) is 4.30. The lowest BCUT2D eigenvalue weighted by molar-refractivity contribution is 0.0697. The zero-order chi connectivity index (χ0) is 16.8. The van der Waals surface area contributed by atoms with Crippen molar-refractivity contribution in [1.29, 1.82) is 0 Å². The number of aromatic nitrogens is 1. The molecule has 1 aromatic carbocycles. The first kappa shape index (κ1) is 15.7. The molecule has 0 aliphatic carbocycles. The van der Waals surface area contributed by atoms with E-state index in [0.29, 0.717) is 11.9 Å². The van der Waals surface area contributed by atoms with Crippen molar-refractivity contribution in [3.8, 4) is 0 Å². The summed E-state index contributed by atoms with van der Waals surface area (Å²) < 4.78 is 23.4. The summed E-state index contributed by atoms with van der Waals surface area (Å²) in [6.45, 7) is 1.84. The predicted molar refractivity (Wildman–Crippen MR) is 88.9 cm³/mol. The molecule has 6 nitrogen and oxygen atoms in total. The number of carbonyl (C=O) groups is 1. The van der Waals surface area contributed by atoms with Gasteiger partial charge in [0.15, 0.2) is 9.84 Å². The molecular weight excluding hydrogens is 316 g/mol. The van der Waals surface area contributed by atoms with Crippen LogP contribution in [-0.2, 0) is 9.84 Å². The normalized spacial score (nSPS) is 19.8. The highest BCUT2D eigenvalue weighted by Gasteiger charge is 2.31. The second-order valence-corrected chi connectivity index (χ2v) is 8.22. The van der Waals surface area contributed by atoms with Gasteiger partial charge in [-0.1, -0.05) is 0 Å². The molecule has 2 aromatic rings. The first-order chi connectivity index (χ1) is 10.8. The third-order valence-corrected chi connectivity index (χ3v) is 6.05. The van der Waals surface area contributed by atoms with Gasteiger partial charge < -0.3 is 10.0 Å². The van der Waals surface area contributed by atoms with Gasteiger partial charge in [-0.15, -0.1) is 0 Å². The summed E-state index contributed by atoms with van der Waals surface area (Å²) in [5, 5.41) is 9.94. The van der Waals surface area contributed by atoms with Crippen molar-refractivity contribution in [3.63, 3.8) is 0 Å². The average Bonchev–Trinajstić information content (AvgIpc) is 2.85. The van der Waals surface area contributed by atoms with E-state index >= 15 is 0 Å². The summed E-state index contributed by atoms with van der Waals surface area (Å²) in [5.74, 6) is -0.626. The number of sulfone groups is 1. The van der Waals surface area contributed by atoms with E-state index in [4.69, 9.17) is 5.11 Å². The lowest BCUT2D eigenvalue weighted by atomic mass is 10.1. The van der Waals surface area contributed by atoms with Crippen LogP contribution >= 0.6 is 0 Å². The summed E-state index contributed by atoms with van der Waals surface area (Å²) in [4.78, 5) is 17.5. The number of anilines is 1. The second-order valence-electron chi connectivity index (χ2n) is 5.99. The van der Waals surface area contributed by atoms with Gasteiger partial charge in [0.2, 0.25) is 0 Å². The third kappa shape index (κ3) is 3.01. The first-order valence-corrected chi connectivity index (χ1v) is 9.17. The monoisotopic (exact) mass is 334 g/mol. The molecular formula is C16H18N2O4S. The van der Waals surface area contributed by atoms with Crippen LogP contribution in [0.3, 0.4) is 0 Å². The standard InChI is InChI=1S/C16H18N2O4S/c1-10-7-15(18(2)12-5-6-23(21,22)9-12)13-4-3-11(16(19)20)8-14(13)17-10/h3-4,7-8,12H,5-6,9H2,1-2H3,(H,19,20). The van der Waals surface area contributed by atoms with E-state index in [0.717, 1.165) is 16.8 Å². The minimum atomic E-state index is -2.96. The Morgan fingerprint density at radius 1 is 1.35 bits per heavy atom. The Morgan fingerprint density at radius 3 is 2.70 bits per heavy atom. The molecule has 1 aromatic heterocycles. The fourth-order valence-electron chi connectivity index (χ4n) is 3.04. The largest absolute Gasteiger partial charge is 0.478 e. The van der Waals surface area contributed by atoms with Gasteiger partial charge in [-0.05, 0) is 37.6 Å². The number of aromatic carboxylic acids is 1. The maximum absolute atomic E-state index is 11.7. The van der Waals surface area contributed by atoms with Gasteiger partial charge >= 0.3 is 5.97 Å². The van der Waals surface area contributed by atoms with Crippen LogP contribution in [0, 0.1) is 6.92 Å². The zero-order valence-corrected chi connectivity index (χ0v) is 13.8. The van der Waals surface area contributed by atoms with E-state index in [-0.39, 0.29) is 23.1 Å². The number of pyridine rings is 1. The predicted octanol–water partition coefficient (Wildman–Crippen LogP) is 1.86. The molecule has 0 radical (unpaired) electrons. The topological polar surface area (TPSA) is 87.6 Å². The molecule has 0 saturated carbocycles. The molecule has 1 atom stereocenters. The minimum Gasteiger partial charge on any atom is -0.478 e. The lowest BCUT2D eigenvalue weighted by Gasteiger charge is -2.27. The summed E-state index contributed by atoms with van der Waals surface area (Å²) in [6, 6.07) is 6.68. The van der Waals surface area contributed by atoms with Crippen molar-refractivity contribution >= 4 is 32.4 Å². The zero-order valence-electron chi connectivity index (χ0n) is 13.0. The molecule has 1 saturated heterocycles. The minimum absolute atomic E-state index is 0.0656. The van der Waals surface area contributed by atoms with E-state index < -0.39 is 15.8 Å². The molecule has 7 heteroatoms. The van der Waals surface area contributed by atoms with E-state index in [1.807, 2.05) is 24.9 Å². The summed E-state index contributed by atoms with van der Waals surface area (Å²) in [5.41, 5.74) is 2.44. The summed E-state index contributed by atoms with van der Waals surface area (Å²) >= 11 is 0. The highest BCUT2D eigenvalue weighted by atomic mass is 32.2. The van der Waals surface area contributed by atoms with Crippen molar-refractivity contribution < 1.29 is 18.3 Å². The summed E-state index contributed by atoms with van der Waals surface area (Å²) in [7, 11) is -1.09. The average molecular weight is 334 g/mol. The van der Waals surface area contributed by atoms with Crippen LogP contribution in [0.1, 0.15) is 22.5 Å². The van der Waals surface area contributed by atoms with E-state index in [1.54, 1.807) is 18.2 Å². The van der Waals surface area contributed by atoms with Crippen LogP contribution < -0.4 is 4.90 Å². The van der Waals surface area contributed by atoms with Gasteiger partial charge in [-0.2, -0.15) is 0 Å². The Hall–Kier alpha value is -2.15. The molecule has 1 aliphatic rings. The van der Waals surface area contributed by atoms with Crippen LogP contribution in [-0.4, -0.2) is 49.1 Å². The van der Waals surface area contributed by atoms with Crippen molar-refractivity contribution in [2.45, 2.75) is 19.4 Å². The summed E-state index contributed by atoms with van der Waals surface area (Å²) in [6.07, 6.45) is 0.606. The lowest BCUT2D eigenvalue weighted by Crippen LogP contribution is -2.32. The number of aryl methyl sites for hydroxylation is 1. The van der Waals surface area contributed by atoms with Crippen LogP contribution in [0.4, 0.5) is 5.69 Å². The molecule has 1 N–H and O–H groups in total. The Morgan fingerprint density at radius 2 is 2.09 bits per heavy atom. The number of carboxylic acid groups (broad SMARTS) is 1. The van der Waals surface area contributed by atoms with Crippen LogP contribution in [0.5, 0.6) is 0 Å². The smallest absolute Gasteiger partial charge is 0.335 e. The second kappa shape index (κ2) is 5.49. The molecule has 3 rings (SSSR count). The van der Waals surface area contributed by atoms with Crippen LogP contribution in [0.25, 0.3) is 10.9 Å². The molecule has 1 fully saturated rings. The molecule has 0 amide bonds. The highest BCUT2D eigenvalue weighted by Crippen LogP contribution is 2.30. The molecule has 23 heavy (non-hydrogen) atoms.